The molecule has 1 aliphatic carbocycles. The van der Waals surface area contributed by atoms with Crippen LogP contribution < -0.4 is 5.73 Å². The first-order valence-electron chi connectivity index (χ1n) is 5.21. The van der Waals surface area contributed by atoms with Crippen LogP contribution in [0.15, 0.2) is 0 Å². The van der Waals surface area contributed by atoms with Crippen molar-refractivity contribution in [3.63, 3.8) is 0 Å². The van der Waals surface area contributed by atoms with E-state index in [9.17, 15) is 0 Å². The largest absolute Gasteiger partial charge is 0.373 e. The van der Waals surface area contributed by atoms with E-state index in [0.29, 0.717) is 0 Å². The van der Waals surface area contributed by atoms with Crippen LogP contribution in [0.3, 0.4) is 0 Å². The van der Waals surface area contributed by atoms with Crippen LogP contribution in [0.4, 0.5) is 0 Å². The second-order valence-electron chi connectivity index (χ2n) is 4.20. The van der Waals surface area contributed by atoms with Gasteiger partial charge in [-0.1, -0.05) is 12.8 Å². The van der Waals surface area contributed by atoms with Crippen LogP contribution in [-0.4, -0.2) is 18.8 Å². The summed E-state index contributed by atoms with van der Waals surface area (Å²) in [6.45, 7) is 1.67. The SMILES string of the molecule is NCC1(C2CCCC2)CCCO1. The van der Waals surface area contributed by atoms with Gasteiger partial charge >= 0.3 is 0 Å². The van der Waals surface area contributed by atoms with Gasteiger partial charge in [0, 0.05) is 13.2 Å². The maximum atomic E-state index is 5.85. The molecule has 0 aromatic heterocycles. The van der Waals surface area contributed by atoms with Crippen LogP contribution in [0.2, 0.25) is 0 Å². The number of rotatable bonds is 2. The molecule has 1 atom stereocenters. The summed E-state index contributed by atoms with van der Waals surface area (Å²) in [6.07, 6.45) is 7.88. The third-order valence-corrected chi connectivity index (χ3v) is 3.58. The van der Waals surface area contributed by atoms with E-state index in [-0.39, 0.29) is 5.60 Å². The van der Waals surface area contributed by atoms with Crippen molar-refractivity contribution in [1.82, 2.24) is 0 Å². The van der Waals surface area contributed by atoms with Crippen molar-refractivity contribution in [2.45, 2.75) is 44.1 Å². The summed E-state index contributed by atoms with van der Waals surface area (Å²) in [6, 6.07) is 0. The fourth-order valence-electron chi connectivity index (χ4n) is 2.82. The molecular formula is C10H19NO. The van der Waals surface area contributed by atoms with Crippen molar-refractivity contribution in [2.24, 2.45) is 11.7 Å². The monoisotopic (exact) mass is 169 g/mol. The van der Waals surface area contributed by atoms with Crippen LogP contribution in [0, 0.1) is 5.92 Å². The van der Waals surface area contributed by atoms with Crippen LogP contribution in [-0.2, 0) is 4.74 Å². The van der Waals surface area contributed by atoms with Crippen LogP contribution in [0.5, 0.6) is 0 Å². The number of hydrogen-bond donors (Lipinski definition) is 1. The van der Waals surface area contributed by atoms with Gasteiger partial charge in [0.25, 0.3) is 0 Å². The van der Waals surface area contributed by atoms with Gasteiger partial charge in [0.15, 0.2) is 0 Å². The molecular weight excluding hydrogens is 150 g/mol. The van der Waals surface area contributed by atoms with Crippen LogP contribution in [0.1, 0.15) is 38.5 Å². The molecule has 1 saturated heterocycles. The van der Waals surface area contributed by atoms with Crippen molar-refractivity contribution < 1.29 is 4.74 Å². The molecule has 0 amide bonds. The Labute approximate surface area is 74.5 Å². The smallest absolute Gasteiger partial charge is 0.0832 e. The maximum absolute atomic E-state index is 5.85. The highest BCUT2D eigenvalue weighted by Crippen LogP contribution is 2.41. The second kappa shape index (κ2) is 3.35. The molecule has 0 radical (unpaired) electrons. The lowest BCUT2D eigenvalue weighted by Gasteiger charge is -2.33. The predicted octanol–water partition coefficient (Wildman–Crippen LogP) is 1.68. The van der Waals surface area contributed by atoms with Gasteiger partial charge in [0.1, 0.15) is 0 Å². The zero-order chi connectivity index (χ0) is 8.44. The standard InChI is InChI=1S/C10H19NO/c11-8-10(6-3-7-12-10)9-4-1-2-5-9/h9H,1-8,11H2. The summed E-state index contributed by atoms with van der Waals surface area (Å²) < 4.78 is 5.85. The molecule has 0 bridgehead atoms. The first kappa shape index (κ1) is 8.52. The average molecular weight is 169 g/mol. The van der Waals surface area contributed by atoms with Gasteiger partial charge in [-0.25, -0.2) is 0 Å². The average Bonchev–Trinajstić information content (AvgIpc) is 2.76. The molecule has 0 spiro atoms. The zero-order valence-electron chi connectivity index (χ0n) is 7.72. The Bertz CT molecular complexity index is 146. The van der Waals surface area contributed by atoms with Gasteiger partial charge in [0.05, 0.1) is 5.60 Å². The van der Waals surface area contributed by atoms with E-state index in [1.807, 2.05) is 0 Å². The normalized spacial score (nSPS) is 37.8. The number of nitrogens with two attached hydrogens (primary N) is 1. The summed E-state index contributed by atoms with van der Waals surface area (Å²) >= 11 is 0. The molecule has 1 heterocycles. The highest BCUT2D eigenvalue weighted by molar-refractivity contribution is 4.94. The first-order chi connectivity index (χ1) is 5.87. The van der Waals surface area contributed by atoms with Gasteiger partial charge in [-0.15, -0.1) is 0 Å². The molecule has 0 aromatic carbocycles. The molecule has 2 N–H and O–H groups in total. The lowest BCUT2D eigenvalue weighted by atomic mass is 9.84. The lowest BCUT2D eigenvalue weighted by Crippen LogP contribution is -2.43. The Morgan fingerprint density at radius 1 is 1.25 bits per heavy atom. The third kappa shape index (κ3) is 1.27. The molecule has 2 fully saturated rings. The van der Waals surface area contributed by atoms with E-state index >= 15 is 0 Å². The Balaban J connectivity index is 2.04. The Kier molecular flexibility index (Phi) is 2.37. The molecule has 1 aliphatic heterocycles. The molecule has 70 valence electrons. The summed E-state index contributed by atoms with van der Waals surface area (Å²) in [5.74, 6) is 0.769. The van der Waals surface area contributed by atoms with Crippen molar-refractivity contribution in [2.75, 3.05) is 13.2 Å². The van der Waals surface area contributed by atoms with Crippen molar-refractivity contribution in [3.8, 4) is 0 Å². The fraction of sp³-hybridized carbons (Fsp3) is 1.00. The molecule has 2 aliphatic rings. The summed E-state index contributed by atoms with van der Waals surface area (Å²) in [5.41, 5.74) is 5.92. The maximum Gasteiger partial charge on any atom is 0.0832 e. The summed E-state index contributed by atoms with van der Waals surface area (Å²) in [7, 11) is 0. The minimum absolute atomic E-state index is 0.0938. The van der Waals surface area contributed by atoms with Gasteiger partial charge < -0.3 is 10.5 Å². The van der Waals surface area contributed by atoms with Gasteiger partial charge in [-0.05, 0) is 31.6 Å². The van der Waals surface area contributed by atoms with E-state index < -0.39 is 0 Å². The predicted molar refractivity (Wildman–Crippen MR) is 48.9 cm³/mol. The molecule has 2 heteroatoms. The molecule has 2 rings (SSSR count). The molecule has 0 aromatic rings. The third-order valence-electron chi connectivity index (χ3n) is 3.58. The minimum Gasteiger partial charge on any atom is -0.373 e. The highest BCUT2D eigenvalue weighted by atomic mass is 16.5. The van der Waals surface area contributed by atoms with E-state index in [1.54, 1.807) is 0 Å². The minimum atomic E-state index is 0.0938. The van der Waals surface area contributed by atoms with E-state index in [0.717, 1.165) is 19.1 Å². The van der Waals surface area contributed by atoms with Crippen molar-refractivity contribution in [1.29, 1.82) is 0 Å². The second-order valence-corrected chi connectivity index (χ2v) is 4.20. The molecule has 12 heavy (non-hydrogen) atoms. The molecule has 2 nitrogen and oxygen atoms in total. The van der Waals surface area contributed by atoms with Gasteiger partial charge in [-0.2, -0.15) is 0 Å². The number of ether oxygens (including phenoxy) is 1. The van der Waals surface area contributed by atoms with Crippen molar-refractivity contribution in [3.05, 3.63) is 0 Å². The number of hydrogen-bond acceptors (Lipinski definition) is 2. The van der Waals surface area contributed by atoms with E-state index in [1.165, 1.54) is 38.5 Å². The topological polar surface area (TPSA) is 35.2 Å². The van der Waals surface area contributed by atoms with Gasteiger partial charge in [-0.3, -0.25) is 0 Å². The lowest BCUT2D eigenvalue weighted by molar-refractivity contribution is -0.0346. The molecule has 1 unspecified atom stereocenters. The Morgan fingerprint density at radius 3 is 2.50 bits per heavy atom. The molecule has 1 saturated carbocycles. The van der Waals surface area contributed by atoms with E-state index in [4.69, 9.17) is 10.5 Å². The van der Waals surface area contributed by atoms with Crippen molar-refractivity contribution >= 4 is 0 Å². The highest BCUT2D eigenvalue weighted by Gasteiger charge is 2.42. The first-order valence-corrected chi connectivity index (χ1v) is 5.21. The quantitative estimate of drug-likeness (QED) is 0.682. The summed E-state index contributed by atoms with van der Waals surface area (Å²) in [5, 5.41) is 0. The fourth-order valence-corrected chi connectivity index (χ4v) is 2.82. The van der Waals surface area contributed by atoms with E-state index in [2.05, 4.69) is 0 Å². The van der Waals surface area contributed by atoms with Crippen LogP contribution >= 0.6 is 0 Å². The van der Waals surface area contributed by atoms with Crippen LogP contribution in [0.25, 0.3) is 0 Å². The Hall–Kier alpha value is -0.0800. The van der Waals surface area contributed by atoms with Gasteiger partial charge in [0.2, 0.25) is 0 Å². The zero-order valence-corrected chi connectivity index (χ0v) is 7.72. The Morgan fingerprint density at radius 2 is 2.00 bits per heavy atom. The summed E-state index contributed by atoms with van der Waals surface area (Å²) in [4.78, 5) is 0.